The zero-order valence-electron chi connectivity index (χ0n) is 17.3. The molecule has 0 saturated heterocycles. The van der Waals surface area contributed by atoms with E-state index in [-0.39, 0.29) is 0 Å². The first kappa shape index (κ1) is 18.3. The molecule has 2 N–H and O–H groups in total. The number of fused-ring (bicyclic) bond motifs is 1. The molecule has 0 aliphatic heterocycles. The van der Waals surface area contributed by atoms with E-state index in [0.717, 1.165) is 18.0 Å². The number of nitrogens with zero attached hydrogens (tertiary/aromatic N) is 1. The normalized spacial score (nSPS) is 17.8. The lowest BCUT2D eigenvalue weighted by Crippen LogP contribution is -2.16. The minimum absolute atomic E-state index is 0.370. The highest BCUT2D eigenvalue weighted by atomic mass is 15.0. The van der Waals surface area contributed by atoms with Crippen molar-refractivity contribution in [3.05, 3.63) is 83.6 Å². The summed E-state index contributed by atoms with van der Waals surface area (Å²) in [6, 6.07) is 18.1. The highest BCUT2D eigenvalue weighted by molar-refractivity contribution is 5.86. The van der Waals surface area contributed by atoms with Crippen LogP contribution < -0.4 is 5.73 Å². The van der Waals surface area contributed by atoms with Gasteiger partial charge in [0.25, 0.3) is 0 Å². The molecule has 148 valence electrons. The molecule has 0 spiro atoms. The van der Waals surface area contributed by atoms with Gasteiger partial charge in [-0.1, -0.05) is 55.2 Å². The topological polar surface area (TPSA) is 30.9 Å². The molecule has 1 heterocycles. The predicted octanol–water partition coefficient (Wildman–Crippen LogP) is 7.13. The maximum Gasteiger partial charge on any atom is 0.0586 e. The van der Waals surface area contributed by atoms with Crippen LogP contribution in [0.3, 0.4) is 0 Å². The summed E-state index contributed by atoms with van der Waals surface area (Å²) in [7, 11) is 0. The Morgan fingerprint density at radius 1 is 1.03 bits per heavy atom. The Bertz CT molecular complexity index is 1080. The third-order valence-corrected chi connectivity index (χ3v) is 6.86. The average molecular weight is 383 g/mol. The van der Waals surface area contributed by atoms with E-state index in [1.54, 1.807) is 0 Å². The van der Waals surface area contributed by atoms with E-state index < -0.39 is 0 Å². The fourth-order valence-corrected chi connectivity index (χ4v) is 4.85. The molecule has 0 amide bonds. The Balaban J connectivity index is 1.48. The molecule has 1 unspecified atom stereocenters. The van der Waals surface area contributed by atoms with E-state index in [4.69, 9.17) is 5.73 Å². The van der Waals surface area contributed by atoms with Crippen LogP contribution in [-0.4, -0.2) is 4.57 Å². The van der Waals surface area contributed by atoms with Crippen molar-refractivity contribution in [3.8, 4) is 0 Å². The van der Waals surface area contributed by atoms with Crippen LogP contribution in [0.4, 0.5) is 5.69 Å². The van der Waals surface area contributed by atoms with Crippen LogP contribution in [0.5, 0.6) is 0 Å². The van der Waals surface area contributed by atoms with E-state index in [1.165, 1.54) is 65.3 Å². The molecule has 1 aromatic heterocycles. The molecular formula is C27H30N2. The Kier molecular flexibility index (Phi) is 4.79. The van der Waals surface area contributed by atoms with Crippen LogP contribution in [0.15, 0.2) is 72.5 Å². The molecule has 1 atom stereocenters. The lowest BCUT2D eigenvalue weighted by Gasteiger charge is -2.28. The third kappa shape index (κ3) is 3.64. The van der Waals surface area contributed by atoms with Crippen LogP contribution >= 0.6 is 0 Å². The van der Waals surface area contributed by atoms with Crippen molar-refractivity contribution < 1.29 is 0 Å². The Morgan fingerprint density at radius 3 is 2.55 bits per heavy atom. The fraction of sp³-hybridized carbons (Fsp3) is 0.333. The molecule has 1 fully saturated rings. The number of anilines is 1. The van der Waals surface area contributed by atoms with Crippen LogP contribution in [-0.2, 0) is 0 Å². The Morgan fingerprint density at radius 2 is 1.86 bits per heavy atom. The third-order valence-electron chi connectivity index (χ3n) is 6.86. The average Bonchev–Trinajstić information content (AvgIpc) is 3.31. The van der Waals surface area contributed by atoms with Crippen LogP contribution in [0.1, 0.15) is 62.6 Å². The van der Waals surface area contributed by atoms with E-state index in [0.29, 0.717) is 6.04 Å². The standard InChI is InChI=1S/C27H30N2/c1-19-5-7-22(17-19)23-10-14-27-24(18-23)15-16-29(27)26(13-6-20-3-2-4-20)21-8-11-25(28)12-9-21/h5,7-12,14-16,18,20,26H,2-4,6,13,17,28H2,1H3. The zero-order valence-corrected chi connectivity index (χ0v) is 17.3. The minimum Gasteiger partial charge on any atom is -0.399 e. The number of hydrogen-bond donors (Lipinski definition) is 1. The second-order valence-electron chi connectivity index (χ2n) is 8.94. The molecule has 2 heteroatoms. The van der Waals surface area contributed by atoms with Gasteiger partial charge >= 0.3 is 0 Å². The zero-order chi connectivity index (χ0) is 19.8. The number of benzene rings is 2. The van der Waals surface area contributed by atoms with Crippen molar-refractivity contribution >= 4 is 22.2 Å². The summed E-state index contributed by atoms with van der Waals surface area (Å²) in [5.41, 5.74) is 13.7. The second kappa shape index (κ2) is 7.59. The lowest BCUT2D eigenvalue weighted by molar-refractivity contribution is 0.278. The van der Waals surface area contributed by atoms with Crippen molar-refractivity contribution in [3.63, 3.8) is 0 Å². The van der Waals surface area contributed by atoms with E-state index in [2.05, 4.69) is 66.2 Å². The van der Waals surface area contributed by atoms with Crippen molar-refractivity contribution in [1.82, 2.24) is 4.57 Å². The summed E-state index contributed by atoms with van der Waals surface area (Å²) < 4.78 is 2.48. The first-order valence-corrected chi connectivity index (χ1v) is 11.0. The second-order valence-corrected chi connectivity index (χ2v) is 8.94. The van der Waals surface area contributed by atoms with E-state index in [1.807, 2.05) is 12.1 Å². The number of aromatic nitrogens is 1. The summed E-state index contributed by atoms with van der Waals surface area (Å²) in [6.45, 7) is 2.21. The van der Waals surface area contributed by atoms with E-state index >= 15 is 0 Å². The van der Waals surface area contributed by atoms with Gasteiger partial charge in [0.2, 0.25) is 0 Å². The first-order valence-electron chi connectivity index (χ1n) is 11.0. The molecule has 2 aromatic carbocycles. The summed E-state index contributed by atoms with van der Waals surface area (Å²) in [5, 5.41) is 1.33. The molecule has 5 rings (SSSR count). The van der Waals surface area contributed by atoms with Gasteiger partial charge in [-0.15, -0.1) is 0 Å². The molecular weight excluding hydrogens is 352 g/mol. The van der Waals surface area contributed by atoms with Gasteiger partial charge in [-0.05, 0) is 79.1 Å². The number of nitrogens with two attached hydrogens (primary N) is 1. The summed E-state index contributed by atoms with van der Waals surface area (Å²) in [5.74, 6) is 0.921. The molecule has 29 heavy (non-hydrogen) atoms. The van der Waals surface area contributed by atoms with Gasteiger partial charge in [0.1, 0.15) is 0 Å². The highest BCUT2D eigenvalue weighted by Gasteiger charge is 2.22. The smallest absolute Gasteiger partial charge is 0.0586 e. The predicted molar refractivity (Wildman–Crippen MR) is 124 cm³/mol. The van der Waals surface area contributed by atoms with Crippen molar-refractivity contribution in [2.45, 2.75) is 51.5 Å². The van der Waals surface area contributed by atoms with Gasteiger partial charge in [-0.2, -0.15) is 0 Å². The van der Waals surface area contributed by atoms with Crippen molar-refractivity contribution in [2.75, 3.05) is 5.73 Å². The van der Waals surface area contributed by atoms with Crippen LogP contribution in [0, 0.1) is 5.92 Å². The van der Waals surface area contributed by atoms with Crippen LogP contribution in [0.25, 0.3) is 16.5 Å². The maximum atomic E-state index is 5.96. The number of nitrogen functional groups attached to an aromatic ring is 1. The Labute approximate surface area is 173 Å². The SMILES string of the molecule is CC1=CC=C(c2ccc3c(ccn3C(CCC3CCC3)c3ccc(N)cc3)c2)C1. The van der Waals surface area contributed by atoms with Gasteiger partial charge in [0.05, 0.1) is 6.04 Å². The summed E-state index contributed by atoms with van der Waals surface area (Å²) in [4.78, 5) is 0. The number of rotatable bonds is 6. The first-order chi connectivity index (χ1) is 14.2. The fourth-order valence-electron chi connectivity index (χ4n) is 4.85. The molecule has 2 aliphatic carbocycles. The lowest BCUT2D eigenvalue weighted by atomic mass is 9.80. The molecule has 1 saturated carbocycles. The molecule has 2 aliphatic rings. The number of allylic oxidation sites excluding steroid dienone is 4. The summed E-state index contributed by atoms with van der Waals surface area (Å²) in [6.07, 6.45) is 14.6. The molecule has 0 radical (unpaired) electrons. The maximum absolute atomic E-state index is 5.96. The molecule has 3 aromatic rings. The van der Waals surface area contributed by atoms with Gasteiger partial charge in [0.15, 0.2) is 0 Å². The van der Waals surface area contributed by atoms with Crippen molar-refractivity contribution in [2.24, 2.45) is 5.92 Å². The van der Waals surface area contributed by atoms with E-state index in [9.17, 15) is 0 Å². The summed E-state index contributed by atoms with van der Waals surface area (Å²) >= 11 is 0. The number of hydrogen-bond acceptors (Lipinski definition) is 1. The molecule has 2 nitrogen and oxygen atoms in total. The van der Waals surface area contributed by atoms with Gasteiger partial charge in [-0.25, -0.2) is 0 Å². The largest absolute Gasteiger partial charge is 0.399 e. The quantitative estimate of drug-likeness (QED) is 0.452. The Hall–Kier alpha value is -2.74. The minimum atomic E-state index is 0.370. The monoisotopic (exact) mass is 382 g/mol. The van der Waals surface area contributed by atoms with Crippen molar-refractivity contribution in [1.29, 1.82) is 0 Å². The van der Waals surface area contributed by atoms with Gasteiger partial charge in [-0.3, -0.25) is 0 Å². The molecule has 0 bridgehead atoms. The van der Waals surface area contributed by atoms with Gasteiger partial charge in [0, 0.05) is 22.8 Å². The van der Waals surface area contributed by atoms with Crippen LogP contribution in [0.2, 0.25) is 0 Å². The highest BCUT2D eigenvalue weighted by Crippen LogP contribution is 2.37. The van der Waals surface area contributed by atoms with Gasteiger partial charge < -0.3 is 10.3 Å².